The van der Waals surface area contributed by atoms with Gasteiger partial charge in [0.05, 0.1) is 11.1 Å². The summed E-state index contributed by atoms with van der Waals surface area (Å²) in [5.41, 5.74) is 4.93. The molecule has 0 spiro atoms. The maximum atomic E-state index is 13.1. The third kappa shape index (κ3) is 11.5. The molecule has 0 saturated carbocycles. The van der Waals surface area contributed by atoms with Crippen LogP contribution in [0.1, 0.15) is 134 Å². The summed E-state index contributed by atoms with van der Waals surface area (Å²) < 4.78 is 11.4. The van der Waals surface area contributed by atoms with Gasteiger partial charge in [0.1, 0.15) is 13.2 Å². The summed E-state index contributed by atoms with van der Waals surface area (Å²) in [6.07, 6.45) is 16.9. The summed E-state index contributed by atoms with van der Waals surface area (Å²) in [6, 6.07) is 23.0. The van der Waals surface area contributed by atoms with Gasteiger partial charge >= 0.3 is 11.9 Å². The van der Waals surface area contributed by atoms with Crippen LogP contribution in [0.15, 0.2) is 72.8 Å². The summed E-state index contributed by atoms with van der Waals surface area (Å²) in [5.74, 6) is -1.03. The number of hydrogen-bond donors (Lipinski definition) is 0. The molecule has 0 fully saturated rings. The van der Waals surface area contributed by atoms with Crippen LogP contribution in [0, 0.1) is 0 Å². The number of aryl methyl sites for hydroxylation is 2. The molecule has 3 rings (SSSR count). The molecule has 0 unspecified atom stereocenters. The van der Waals surface area contributed by atoms with E-state index in [0.29, 0.717) is 0 Å². The predicted molar refractivity (Wildman–Crippen MR) is 172 cm³/mol. The number of carbonyl (C=O) groups excluding carboxylic acids is 2. The maximum absolute atomic E-state index is 13.1. The van der Waals surface area contributed by atoms with Gasteiger partial charge < -0.3 is 9.47 Å². The Morgan fingerprint density at radius 1 is 0.452 bits per heavy atom. The molecule has 0 heterocycles. The molecule has 0 saturated heterocycles. The van der Waals surface area contributed by atoms with Crippen LogP contribution in [-0.4, -0.2) is 11.9 Å². The van der Waals surface area contributed by atoms with Gasteiger partial charge in [0.2, 0.25) is 0 Å². The lowest BCUT2D eigenvalue weighted by Crippen LogP contribution is -2.14. The van der Waals surface area contributed by atoms with E-state index in [1.54, 1.807) is 24.3 Å². The molecule has 0 aromatic heterocycles. The standard InChI is InChI=1S/C38H50O4/c1-3-5-7-9-11-13-21-31-23-15-17-25-33(31)29-41-37(39)35-27-19-20-28-36(35)38(40)42-30-34-26-18-16-24-32(34)22-14-12-10-8-6-4-2/h15-20,23-28H,3-14,21-22,29-30H2,1-2H3. The molecule has 3 aromatic rings. The van der Waals surface area contributed by atoms with Crippen molar-refractivity contribution in [3.05, 3.63) is 106 Å². The first-order valence-corrected chi connectivity index (χ1v) is 16.2. The number of hydrogen-bond acceptors (Lipinski definition) is 4. The molecule has 42 heavy (non-hydrogen) atoms. The Hall–Kier alpha value is -3.40. The van der Waals surface area contributed by atoms with Crippen molar-refractivity contribution < 1.29 is 19.1 Å². The van der Waals surface area contributed by atoms with Crippen LogP contribution in [-0.2, 0) is 35.5 Å². The summed E-state index contributed by atoms with van der Waals surface area (Å²) >= 11 is 0. The molecule has 226 valence electrons. The Morgan fingerprint density at radius 2 is 0.786 bits per heavy atom. The smallest absolute Gasteiger partial charge is 0.339 e. The predicted octanol–water partition coefficient (Wildman–Crippen LogP) is 10.2. The number of esters is 2. The number of ether oxygens (including phenoxy) is 2. The highest BCUT2D eigenvalue weighted by atomic mass is 16.5. The zero-order valence-electron chi connectivity index (χ0n) is 25.9. The van der Waals surface area contributed by atoms with Gasteiger partial charge in [-0.05, 0) is 60.1 Å². The fourth-order valence-corrected chi connectivity index (χ4v) is 5.36. The van der Waals surface area contributed by atoms with Crippen molar-refractivity contribution in [2.45, 2.75) is 117 Å². The Morgan fingerprint density at radius 3 is 1.19 bits per heavy atom. The second kappa shape index (κ2) is 19.7. The van der Waals surface area contributed by atoms with E-state index in [0.717, 1.165) is 36.8 Å². The minimum absolute atomic E-state index is 0.181. The lowest BCUT2D eigenvalue weighted by atomic mass is 10.0. The number of unbranched alkanes of at least 4 members (excludes halogenated alkanes) is 10. The van der Waals surface area contributed by atoms with Gasteiger partial charge in [-0.2, -0.15) is 0 Å². The van der Waals surface area contributed by atoms with E-state index < -0.39 is 11.9 Å². The van der Waals surface area contributed by atoms with Crippen LogP contribution in [0.2, 0.25) is 0 Å². The number of benzene rings is 3. The van der Waals surface area contributed by atoms with Crippen LogP contribution in [0.5, 0.6) is 0 Å². The monoisotopic (exact) mass is 570 g/mol. The van der Waals surface area contributed by atoms with E-state index >= 15 is 0 Å². The zero-order chi connectivity index (χ0) is 29.8. The zero-order valence-corrected chi connectivity index (χ0v) is 25.9. The van der Waals surface area contributed by atoms with Gasteiger partial charge in [-0.3, -0.25) is 0 Å². The van der Waals surface area contributed by atoms with E-state index in [2.05, 4.69) is 26.0 Å². The molecule has 0 radical (unpaired) electrons. The van der Waals surface area contributed by atoms with Crippen molar-refractivity contribution >= 4 is 11.9 Å². The van der Waals surface area contributed by atoms with E-state index in [1.807, 2.05) is 36.4 Å². The second-order valence-electron chi connectivity index (χ2n) is 11.3. The highest BCUT2D eigenvalue weighted by molar-refractivity contribution is 6.03. The minimum atomic E-state index is -0.514. The number of rotatable bonds is 20. The van der Waals surface area contributed by atoms with Crippen LogP contribution >= 0.6 is 0 Å². The highest BCUT2D eigenvalue weighted by Crippen LogP contribution is 2.20. The van der Waals surface area contributed by atoms with E-state index in [-0.39, 0.29) is 24.3 Å². The van der Waals surface area contributed by atoms with Crippen molar-refractivity contribution in [2.75, 3.05) is 0 Å². The quantitative estimate of drug-likeness (QED) is 0.100. The van der Waals surface area contributed by atoms with Gasteiger partial charge in [-0.15, -0.1) is 0 Å². The van der Waals surface area contributed by atoms with Gasteiger partial charge in [0, 0.05) is 0 Å². The van der Waals surface area contributed by atoms with Crippen molar-refractivity contribution in [1.82, 2.24) is 0 Å². The van der Waals surface area contributed by atoms with Crippen LogP contribution < -0.4 is 0 Å². The first-order chi connectivity index (χ1) is 20.6. The Balaban J connectivity index is 1.54. The molecule has 0 bridgehead atoms. The average Bonchev–Trinajstić information content (AvgIpc) is 3.03. The minimum Gasteiger partial charge on any atom is -0.457 e. The molecule has 0 aliphatic carbocycles. The van der Waals surface area contributed by atoms with Gasteiger partial charge in [-0.1, -0.05) is 139 Å². The lowest BCUT2D eigenvalue weighted by Gasteiger charge is -2.13. The molecular formula is C38H50O4. The molecule has 4 nitrogen and oxygen atoms in total. The van der Waals surface area contributed by atoms with Crippen molar-refractivity contribution in [3.8, 4) is 0 Å². The molecule has 0 aliphatic heterocycles. The fraction of sp³-hybridized carbons (Fsp3) is 0.474. The fourth-order valence-electron chi connectivity index (χ4n) is 5.36. The average molecular weight is 571 g/mol. The molecule has 0 N–H and O–H groups in total. The summed E-state index contributed by atoms with van der Waals surface area (Å²) in [7, 11) is 0. The maximum Gasteiger partial charge on any atom is 0.339 e. The molecule has 0 amide bonds. The third-order valence-corrected chi connectivity index (χ3v) is 7.92. The van der Waals surface area contributed by atoms with Gasteiger partial charge in [0.15, 0.2) is 0 Å². The summed E-state index contributed by atoms with van der Waals surface area (Å²) in [5, 5.41) is 0. The van der Waals surface area contributed by atoms with Crippen molar-refractivity contribution in [1.29, 1.82) is 0 Å². The van der Waals surface area contributed by atoms with E-state index in [1.165, 1.54) is 75.3 Å². The Labute approximate surface area is 253 Å². The second-order valence-corrected chi connectivity index (χ2v) is 11.3. The molecule has 0 aliphatic rings. The van der Waals surface area contributed by atoms with Gasteiger partial charge in [0.25, 0.3) is 0 Å². The SMILES string of the molecule is CCCCCCCCc1ccccc1COC(=O)c1ccccc1C(=O)OCc1ccccc1CCCCCCCC. The van der Waals surface area contributed by atoms with Crippen LogP contribution in [0.4, 0.5) is 0 Å². The molecule has 3 aromatic carbocycles. The number of carbonyl (C=O) groups is 2. The van der Waals surface area contributed by atoms with Crippen molar-refractivity contribution in [3.63, 3.8) is 0 Å². The Bertz CT molecular complexity index is 1120. The normalized spacial score (nSPS) is 10.9. The van der Waals surface area contributed by atoms with Crippen LogP contribution in [0.25, 0.3) is 0 Å². The first kappa shape index (κ1) is 33.1. The van der Waals surface area contributed by atoms with Gasteiger partial charge in [-0.25, -0.2) is 9.59 Å². The van der Waals surface area contributed by atoms with Crippen LogP contribution in [0.3, 0.4) is 0 Å². The molecule has 0 atom stereocenters. The van der Waals surface area contributed by atoms with E-state index in [4.69, 9.17) is 9.47 Å². The summed E-state index contributed by atoms with van der Waals surface area (Å²) in [6.45, 7) is 4.83. The summed E-state index contributed by atoms with van der Waals surface area (Å²) in [4.78, 5) is 26.3. The topological polar surface area (TPSA) is 52.6 Å². The third-order valence-electron chi connectivity index (χ3n) is 7.92. The van der Waals surface area contributed by atoms with E-state index in [9.17, 15) is 9.59 Å². The first-order valence-electron chi connectivity index (χ1n) is 16.2. The molecule has 4 heteroatoms. The lowest BCUT2D eigenvalue weighted by molar-refractivity contribution is 0.0424. The molecular weight excluding hydrogens is 520 g/mol. The Kier molecular flexibility index (Phi) is 15.5. The highest BCUT2D eigenvalue weighted by Gasteiger charge is 2.20. The van der Waals surface area contributed by atoms with Crippen molar-refractivity contribution in [2.24, 2.45) is 0 Å². The largest absolute Gasteiger partial charge is 0.457 e.